The maximum absolute atomic E-state index is 11.9. The minimum absolute atomic E-state index is 0.152. The summed E-state index contributed by atoms with van der Waals surface area (Å²) in [5.74, 6) is 0.334. The number of nitrogens with zero attached hydrogens (tertiary/aromatic N) is 1. The summed E-state index contributed by atoms with van der Waals surface area (Å²) in [5, 5.41) is 3.37. The van der Waals surface area contributed by atoms with E-state index in [4.69, 9.17) is 16.3 Å². The van der Waals surface area contributed by atoms with Gasteiger partial charge in [0.1, 0.15) is 5.75 Å². The molecule has 1 N–H and O–H groups in total. The first-order chi connectivity index (χ1) is 8.04. The van der Waals surface area contributed by atoms with E-state index < -0.39 is 0 Å². The highest BCUT2D eigenvalue weighted by Crippen LogP contribution is 2.22. The molecule has 0 aliphatic carbocycles. The Morgan fingerprint density at radius 1 is 1.47 bits per heavy atom. The van der Waals surface area contributed by atoms with Gasteiger partial charge in [0, 0.05) is 18.1 Å². The Kier molecular flexibility index (Phi) is 5.25. The quantitative estimate of drug-likeness (QED) is 0.871. The van der Waals surface area contributed by atoms with Crippen LogP contribution in [0.25, 0.3) is 0 Å². The van der Waals surface area contributed by atoms with Gasteiger partial charge in [0.05, 0.1) is 12.7 Å². The molecule has 0 radical (unpaired) electrons. The zero-order valence-electron chi connectivity index (χ0n) is 10.3. The molecule has 1 aromatic rings. The van der Waals surface area contributed by atoms with E-state index in [2.05, 4.69) is 5.32 Å². The van der Waals surface area contributed by atoms with Crippen molar-refractivity contribution in [3.8, 4) is 5.75 Å². The molecule has 1 rings (SSSR count). The first kappa shape index (κ1) is 13.8. The Morgan fingerprint density at radius 2 is 2.18 bits per heavy atom. The molecule has 0 saturated heterocycles. The van der Waals surface area contributed by atoms with Crippen molar-refractivity contribution in [1.29, 1.82) is 0 Å². The number of benzene rings is 1. The predicted octanol–water partition coefficient (Wildman–Crippen LogP) is 1.64. The maximum atomic E-state index is 11.9. The van der Waals surface area contributed by atoms with Gasteiger partial charge in [-0.3, -0.25) is 4.79 Å². The molecule has 0 spiro atoms. The smallest absolute Gasteiger partial charge is 0.255 e. The van der Waals surface area contributed by atoms with E-state index in [1.807, 2.05) is 19.0 Å². The van der Waals surface area contributed by atoms with Crippen molar-refractivity contribution in [2.75, 3.05) is 34.3 Å². The number of nitrogens with one attached hydrogen (secondary N) is 1. The van der Waals surface area contributed by atoms with E-state index in [1.54, 1.807) is 18.2 Å². The van der Waals surface area contributed by atoms with Crippen LogP contribution >= 0.6 is 11.6 Å². The van der Waals surface area contributed by atoms with Crippen molar-refractivity contribution in [2.24, 2.45) is 0 Å². The van der Waals surface area contributed by atoms with Gasteiger partial charge in [-0.15, -0.1) is 0 Å². The Morgan fingerprint density at radius 3 is 2.76 bits per heavy atom. The summed E-state index contributed by atoms with van der Waals surface area (Å²) in [7, 11) is 5.42. The molecule has 5 heteroatoms. The van der Waals surface area contributed by atoms with E-state index in [1.165, 1.54) is 7.11 Å². The first-order valence-corrected chi connectivity index (χ1v) is 5.69. The van der Waals surface area contributed by atoms with Crippen molar-refractivity contribution < 1.29 is 9.53 Å². The molecule has 0 aromatic heterocycles. The fourth-order valence-corrected chi connectivity index (χ4v) is 1.50. The SMILES string of the molecule is COc1cc(Cl)ccc1C(=O)NCCN(C)C. The number of halogens is 1. The van der Waals surface area contributed by atoms with Crippen molar-refractivity contribution in [3.63, 3.8) is 0 Å². The van der Waals surface area contributed by atoms with Gasteiger partial charge in [-0.2, -0.15) is 0 Å². The third-order valence-corrected chi connectivity index (χ3v) is 2.49. The molecule has 0 fully saturated rings. The van der Waals surface area contributed by atoms with Crippen molar-refractivity contribution in [1.82, 2.24) is 10.2 Å². The van der Waals surface area contributed by atoms with Crippen molar-refractivity contribution in [2.45, 2.75) is 0 Å². The van der Waals surface area contributed by atoms with Crippen LogP contribution in [0.3, 0.4) is 0 Å². The highest BCUT2D eigenvalue weighted by atomic mass is 35.5. The van der Waals surface area contributed by atoms with E-state index in [9.17, 15) is 4.79 Å². The van der Waals surface area contributed by atoms with Gasteiger partial charge in [-0.25, -0.2) is 0 Å². The zero-order valence-corrected chi connectivity index (χ0v) is 11.0. The number of hydrogen-bond donors (Lipinski definition) is 1. The molecule has 0 saturated carbocycles. The molecule has 0 aliphatic rings. The summed E-state index contributed by atoms with van der Waals surface area (Å²) in [4.78, 5) is 13.9. The van der Waals surface area contributed by atoms with Crippen LogP contribution in [0.5, 0.6) is 5.75 Å². The van der Waals surface area contributed by atoms with Gasteiger partial charge in [0.2, 0.25) is 0 Å². The number of hydrogen-bond acceptors (Lipinski definition) is 3. The highest BCUT2D eigenvalue weighted by molar-refractivity contribution is 6.30. The normalized spacial score (nSPS) is 10.4. The fourth-order valence-electron chi connectivity index (χ4n) is 1.34. The topological polar surface area (TPSA) is 41.6 Å². The van der Waals surface area contributed by atoms with Crippen LogP contribution in [0.4, 0.5) is 0 Å². The third-order valence-electron chi connectivity index (χ3n) is 2.25. The second-order valence-electron chi connectivity index (χ2n) is 3.90. The van der Waals surface area contributed by atoms with Gasteiger partial charge in [0.25, 0.3) is 5.91 Å². The Hall–Kier alpha value is -1.26. The second-order valence-corrected chi connectivity index (χ2v) is 4.34. The molecule has 1 aromatic carbocycles. The molecule has 0 unspecified atom stereocenters. The summed E-state index contributed by atoms with van der Waals surface area (Å²) in [6.45, 7) is 1.39. The van der Waals surface area contributed by atoms with Crippen LogP contribution in [0.2, 0.25) is 5.02 Å². The lowest BCUT2D eigenvalue weighted by Gasteiger charge is -2.12. The van der Waals surface area contributed by atoms with Gasteiger partial charge >= 0.3 is 0 Å². The van der Waals surface area contributed by atoms with Crippen LogP contribution in [0, 0.1) is 0 Å². The lowest BCUT2D eigenvalue weighted by molar-refractivity contribution is 0.0948. The van der Waals surface area contributed by atoms with Gasteiger partial charge in [0.15, 0.2) is 0 Å². The molecule has 4 nitrogen and oxygen atoms in total. The lowest BCUT2D eigenvalue weighted by Crippen LogP contribution is -2.31. The Bertz CT molecular complexity index is 394. The van der Waals surface area contributed by atoms with E-state index >= 15 is 0 Å². The summed E-state index contributed by atoms with van der Waals surface area (Å²) in [6, 6.07) is 4.96. The van der Waals surface area contributed by atoms with Crippen molar-refractivity contribution >= 4 is 17.5 Å². The summed E-state index contributed by atoms with van der Waals surface area (Å²) >= 11 is 5.83. The van der Waals surface area contributed by atoms with Crippen LogP contribution in [0.15, 0.2) is 18.2 Å². The van der Waals surface area contributed by atoms with Crippen LogP contribution in [-0.4, -0.2) is 45.1 Å². The molecular weight excluding hydrogens is 240 g/mol. The van der Waals surface area contributed by atoms with Crippen LogP contribution in [-0.2, 0) is 0 Å². The van der Waals surface area contributed by atoms with Gasteiger partial charge in [-0.1, -0.05) is 11.6 Å². The molecule has 17 heavy (non-hydrogen) atoms. The molecule has 0 aliphatic heterocycles. The number of methoxy groups -OCH3 is 1. The third kappa shape index (κ3) is 4.24. The Labute approximate surface area is 107 Å². The van der Waals surface area contributed by atoms with E-state index in [0.717, 1.165) is 6.54 Å². The Balaban J connectivity index is 2.68. The maximum Gasteiger partial charge on any atom is 0.255 e. The van der Waals surface area contributed by atoms with Crippen molar-refractivity contribution in [3.05, 3.63) is 28.8 Å². The number of rotatable bonds is 5. The lowest BCUT2D eigenvalue weighted by atomic mass is 10.2. The molecular formula is C12H17ClN2O2. The zero-order chi connectivity index (χ0) is 12.8. The predicted molar refractivity (Wildman–Crippen MR) is 68.9 cm³/mol. The van der Waals surface area contributed by atoms with Crippen LogP contribution < -0.4 is 10.1 Å². The van der Waals surface area contributed by atoms with Crippen LogP contribution in [0.1, 0.15) is 10.4 Å². The number of carbonyl (C=O) groups excluding carboxylic acids is 1. The number of amides is 1. The summed E-state index contributed by atoms with van der Waals surface area (Å²) < 4.78 is 5.12. The summed E-state index contributed by atoms with van der Waals surface area (Å²) in [6.07, 6.45) is 0. The van der Waals surface area contributed by atoms with Gasteiger partial charge < -0.3 is 15.0 Å². The van der Waals surface area contributed by atoms with E-state index in [-0.39, 0.29) is 5.91 Å². The second kappa shape index (κ2) is 6.47. The number of ether oxygens (including phenoxy) is 1. The molecule has 0 atom stereocenters. The highest BCUT2D eigenvalue weighted by Gasteiger charge is 2.11. The van der Waals surface area contributed by atoms with E-state index in [0.29, 0.717) is 22.9 Å². The largest absolute Gasteiger partial charge is 0.496 e. The molecule has 0 heterocycles. The number of likely N-dealkylation sites (N-methyl/N-ethyl adjacent to an activating group) is 1. The standard InChI is InChI=1S/C12H17ClN2O2/c1-15(2)7-6-14-12(16)10-5-4-9(13)8-11(10)17-3/h4-5,8H,6-7H2,1-3H3,(H,14,16). The number of carbonyl (C=O) groups is 1. The fraction of sp³-hybridized carbons (Fsp3) is 0.417. The molecule has 94 valence electrons. The first-order valence-electron chi connectivity index (χ1n) is 5.31. The monoisotopic (exact) mass is 256 g/mol. The average Bonchev–Trinajstić information content (AvgIpc) is 2.28. The summed E-state index contributed by atoms with van der Waals surface area (Å²) in [5.41, 5.74) is 0.496. The average molecular weight is 257 g/mol. The molecule has 0 bridgehead atoms. The molecule has 1 amide bonds. The minimum atomic E-state index is -0.152. The van der Waals surface area contributed by atoms with Gasteiger partial charge in [-0.05, 0) is 32.3 Å². The minimum Gasteiger partial charge on any atom is -0.496 e.